The zero-order valence-corrected chi connectivity index (χ0v) is 31.4. The van der Waals surface area contributed by atoms with Gasteiger partial charge in [0.15, 0.2) is 6.04 Å². The van der Waals surface area contributed by atoms with Gasteiger partial charge in [-0.25, -0.2) is 9.36 Å². The zero-order valence-electron chi connectivity index (χ0n) is 30.5. The van der Waals surface area contributed by atoms with Crippen LogP contribution < -0.4 is 5.32 Å². The maximum atomic E-state index is 12.2. The Labute approximate surface area is 296 Å². The number of carbonyl (C=O) groups excluding carboxylic acids is 2. The number of carboxylic acid groups (broad SMARTS) is 1. The molecule has 11 nitrogen and oxygen atoms in total. The molecule has 0 aliphatic rings. The van der Waals surface area contributed by atoms with Crippen LogP contribution in [-0.2, 0) is 32.7 Å². The van der Waals surface area contributed by atoms with Crippen LogP contribution in [0.25, 0.3) is 0 Å². The second-order valence-electron chi connectivity index (χ2n) is 12.8. The lowest BCUT2D eigenvalue weighted by molar-refractivity contribution is -0.147. The Kier molecular flexibility index (Phi) is 31.7. The number of hydrogen-bond donors (Lipinski definition) is 4. The summed E-state index contributed by atoms with van der Waals surface area (Å²) >= 11 is 0. The van der Waals surface area contributed by atoms with Gasteiger partial charge < -0.3 is 25.2 Å². The average Bonchev–Trinajstić information content (AvgIpc) is 3.07. The van der Waals surface area contributed by atoms with Crippen molar-refractivity contribution >= 4 is 25.7 Å². The summed E-state index contributed by atoms with van der Waals surface area (Å²) in [5.41, 5.74) is 0. The number of aliphatic hydroxyl groups excluding tert-OH is 1. The van der Waals surface area contributed by atoms with E-state index in [9.17, 15) is 34.1 Å². The van der Waals surface area contributed by atoms with Gasteiger partial charge >= 0.3 is 19.8 Å². The summed E-state index contributed by atoms with van der Waals surface area (Å²) in [6, 6.07) is -1.55. The molecule has 12 heteroatoms. The molecule has 0 spiro atoms. The van der Waals surface area contributed by atoms with Gasteiger partial charge in [-0.3, -0.25) is 18.6 Å². The van der Waals surface area contributed by atoms with E-state index in [0.717, 1.165) is 77.0 Å². The third kappa shape index (κ3) is 32.9. The number of rotatable bonds is 35. The fourth-order valence-electron chi connectivity index (χ4n) is 4.94. The van der Waals surface area contributed by atoms with E-state index in [4.69, 9.17) is 13.8 Å². The predicted octanol–water partition coefficient (Wildman–Crippen LogP) is 8.72. The number of amides is 1. The topological polar surface area (TPSA) is 169 Å². The molecule has 0 rings (SSSR count). The fourth-order valence-corrected chi connectivity index (χ4v) is 5.71. The lowest BCUT2D eigenvalue weighted by atomic mass is 10.1. The van der Waals surface area contributed by atoms with Crippen LogP contribution in [0.4, 0.5) is 0 Å². The van der Waals surface area contributed by atoms with E-state index < -0.39 is 57.6 Å². The number of carboxylic acids is 1. The molecule has 0 aliphatic heterocycles. The Balaban J connectivity index is 3.98. The number of unbranched alkanes of at least 4 members (excludes halogenated alkanes) is 17. The number of esters is 1. The van der Waals surface area contributed by atoms with Gasteiger partial charge in [0.2, 0.25) is 5.91 Å². The number of phosphoric ester groups is 1. The summed E-state index contributed by atoms with van der Waals surface area (Å²) in [5.74, 6) is -2.40. The Morgan fingerprint density at radius 1 is 0.633 bits per heavy atom. The number of aliphatic carboxylic acids is 1. The highest BCUT2D eigenvalue weighted by Gasteiger charge is 2.28. The third-order valence-corrected chi connectivity index (χ3v) is 8.91. The first-order valence-electron chi connectivity index (χ1n) is 18.9. The van der Waals surface area contributed by atoms with Crippen LogP contribution in [0.15, 0.2) is 24.3 Å². The molecule has 0 saturated heterocycles. The molecule has 3 atom stereocenters. The van der Waals surface area contributed by atoms with Gasteiger partial charge in [-0.1, -0.05) is 115 Å². The molecule has 0 aromatic carbocycles. The maximum absolute atomic E-state index is 12.2. The molecule has 0 bridgehead atoms. The van der Waals surface area contributed by atoms with E-state index >= 15 is 0 Å². The molecule has 0 aromatic heterocycles. The Morgan fingerprint density at radius 3 is 1.61 bits per heavy atom. The molecule has 4 N–H and O–H groups in total. The smallest absolute Gasteiger partial charge is 0.472 e. The van der Waals surface area contributed by atoms with Gasteiger partial charge in [-0.15, -0.1) is 0 Å². The van der Waals surface area contributed by atoms with Crippen molar-refractivity contribution in [1.82, 2.24) is 5.32 Å². The van der Waals surface area contributed by atoms with E-state index in [1.807, 2.05) is 0 Å². The third-order valence-electron chi connectivity index (χ3n) is 7.96. The zero-order chi connectivity index (χ0) is 36.4. The average molecular weight is 718 g/mol. The lowest BCUT2D eigenvalue weighted by Crippen LogP contribution is -2.43. The number of carbonyl (C=O) groups is 3. The first-order chi connectivity index (χ1) is 23.6. The van der Waals surface area contributed by atoms with Crippen molar-refractivity contribution in [3.05, 3.63) is 24.3 Å². The summed E-state index contributed by atoms with van der Waals surface area (Å²) in [5, 5.41) is 21.7. The molecule has 0 fully saturated rings. The minimum Gasteiger partial charge on any atom is -0.480 e. The van der Waals surface area contributed by atoms with E-state index in [1.54, 1.807) is 0 Å². The largest absolute Gasteiger partial charge is 0.480 e. The quantitative estimate of drug-likeness (QED) is 0.0215. The van der Waals surface area contributed by atoms with Crippen LogP contribution >= 0.6 is 7.82 Å². The number of phosphoric acid groups is 1. The second-order valence-corrected chi connectivity index (χ2v) is 14.2. The molecule has 0 heterocycles. The van der Waals surface area contributed by atoms with E-state index in [1.165, 1.54) is 44.9 Å². The van der Waals surface area contributed by atoms with Gasteiger partial charge in [0.1, 0.15) is 12.7 Å². The molecule has 0 radical (unpaired) electrons. The van der Waals surface area contributed by atoms with Crippen molar-refractivity contribution in [2.75, 3.05) is 19.8 Å². The number of nitrogens with one attached hydrogen (secondary N) is 1. The normalized spacial score (nSPS) is 14.2. The maximum Gasteiger partial charge on any atom is 0.472 e. The molecule has 49 heavy (non-hydrogen) atoms. The van der Waals surface area contributed by atoms with Crippen molar-refractivity contribution in [3.63, 3.8) is 0 Å². The standard InChI is InChI=1S/C37H68NO10P/c1-3-5-7-9-11-13-15-16-17-19-21-23-25-27-29-36(41)46-30-33(39)31-47-49(44,45)48-32-34(37(42)43)38-35(40)28-26-24-22-20-18-14-12-10-8-6-4-2/h10,12,15-16,33-34,39H,3-9,11,13-14,17-32H2,1-2H3,(H,38,40)(H,42,43)(H,44,45)/b12-10-,16-15-. The van der Waals surface area contributed by atoms with Gasteiger partial charge in [-0.05, 0) is 57.8 Å². The fraction of sp³-hybridized carbons (Fsp3) is 0.811. The monoisotopic (exact) mass is 717 g/mol. The summed E-state index contributed by atoms with van der Waals surface area (Å²) in [4.78, 5) is 45.6. The summed E-state index contributed by atoms with van der Waals surface area (Å²) in [6.45, 7) is 2.50. The van der Waals surface area contributed by atoms with Crippen molar-refractivity contribution in [2.45, 2.75) is 174 Å². The highest BCUT2D eigenvalue weighted by atomic mass is 31.2. The number of allylic oxidation sites excluding steroid dienone is 4. The SMILES string of the molecule is CCCC/C=C\CCCCCCCC(=O)NC(COP(=O)(O)OCC(O)COC(=O)CCCCCCC/C=C\CCCCCCC)C(=O)O. The van der Waals surface area contributed by atoms with E-state index in [-0.39, 0.29) is 12.8 Å². The molecule has 0 aromatic rings. The van der Waals surface area contributed by atoms with Crippen LogP contribution in [0.5, 0.6) is 0 Å². The van der Waals surface area contributed by atoms with Crippen LogP contribution in [0, 0.1) is 0 Å². The predicted molar refractivity (Wildman–Crippen MR) is 194 cm³/mol. The van der Waals surface area contributed by atoms with Gasteiger partial charge in [0.05, 0.1) is 13.2 Å². The number of hydrogen-bond acceptors (Lipinski definition) is 8. The summed E-state index contributed by atoms with van der Waals surface area (Å²) in [7, 11) is -4.75. The molecule has 286 valence electrons. The molecular weight excluding hydrogens is 649 g/mol. The van der Waals surface area contributed by atoms with Crippen LogP contribution in [0.1, 0.15) is 162 Å². The highest BCUT2D eigenvalue weighted by molar-refractivity contribution is 7.47. The van der Waals surface area contributed by atoms with Crippen LogP contribution in [-0.4, -0.2) is 64.9 Å². The minimum atomic E-state index is -4.75. The lowest BCUT2D eigenvalue weighted by Gasteiger charge is -2.18. The highest BCUT2D eigenvalue weighted by Crippen LogP contribution is 2.43. The Hall–Kier alpha value is -2.04. The van der Waals surface area contributed by atoms with Crippen LogP contribution in [0.2, 0.25) is 0 Å². The number of ether oxygens (including phenoxy) is 1. The van der Waals surface area contributed by atoms with Gasteiger partial charge in [0.25, 0.3) is 0 Å². The first kappa shape index (κ1) is 47.0. The van der Waals surface area contributed by atoms with Crippen molar-refractivity contribution < 1.29 is 47.8 Å². The van der Waals surface area contributed by atoms with Crippen LogP contribution in [0.3, 0.4) is 0 Å². The van der Waals surface area contributed by atoms with Crippen molar-refractivity contribution in [3.8, 4) is 0 Å². The van der Waals surface area contributed by atoms with Crippen molar-refractivity contribution in [2.24, 2.45) is 0 Å². The Morgan fingerprint density at radius 2 is 1.08 bits per heavy atom. The summed E-state index contributed by atoms with van der Waals surface area (Å²) < 4.78 is 26.7. The first-order valence-corrected chi connectivity index (χ1v) is 20.4. The Bertz CT molecular complexity index is 942. The second kappa shape index (κ2) is 33.1. The van der Waals surface area contributed by atoms with E-state index in [0.29, 0.717) is 12.8 Å². The molecular formula is C37H68NO10P. The van der Waals surface area contributed by atoms with Gasteiger partial charge in [0, 0.05) is 12.8 Å². The minimum absolute atomic E-state index is 0.135. The molecule has 3 unspecified atom stereocenters. The molecule has 1 amide bonds. The molecule has 0 aliphatic carbocycles. The number of aliphatic hydroxyl groups is 1. The van der Waals surface area contributed by atoms with Gasteiger partial charge in [-0.2, -0.15) is 0 Å². The molecule has 0 saturated carbocycles. The summed E-state index contributed by atoms with van der Waals surface area (Å²) in [6.07, 6.45) is 30.7. The van der Waals surface area contributed by atoms with E-state index in [2.05, 4.69) is 43.5 Å². The van der Waals surface area contributed by atoms with Crippen molar-refractivity contribution in [1.29, 1.82) is 0 Å².